The maximum absolute atomic E-state index is 12.4. The highest BCUT2D eigenvalue weighted by molar-refractivity contribution is 14.1. The lowest BCUT2D eigenvalue weighted by Crippen LogP contribution is -2.41. The number of nitrogens with one attached hydrogen (secondary N) is 1. The average molecular weight is 1760 g/mol. The van der Waals surface area contributed by atoms with Crippen molar-refractivity contribution in [3.8, 4) is 56.6 Å². The van der Waals surface area contributed by atoms with Crippen molar-refractivity contribution in [2.45, 2.75) is 163 Å². The molecule has 4 N–H and O–H groups in total. The summed E-state index contributed by atoms with van der Waals surface area (Å²) in [5.41, 5.74) is 15.1. The molecule has 0 amide bonds. The van der Waals surface area contributed by atoms with Crippen molar-refractivity contribution in [2.75, 3.05) is 33.3 Å². The van der Waals surface area contributed by atoms with E-state index in [1.165, 1.54) is 5.57 Å². The van der Waals surface area contributed by atoms with E-state index in [4.69, 9.17) is 38.3 Å². The van der Waals surface area contributed by atoms with Crippen molar-refractivity contribution in [1.82, 2.24) is 43.5 Å². The summed E-state index contributed by atoms with van der Waals surface area (Å²) in [7, 11) is 10.5. The van der Waals surface area contributed by atoms with Gasteiger partial charge in [-0.25, -0.2) is 0 Å². The van der Waals surface area contributed by atoms with Crippen molar-refractivity contribution >= 4 is 85.3 Å². The SMILES string of the molecule is C.C.C.C.C.C.CC(C)I.COc1ccc(-n2cc(-c3cnn(C)c3)c(C)cc2=O)c(C)c1.COc1ccc(B(O)O)c(C)c1.COc1ccc(N2C=C(Br)C(C)=CC2OC)c(C)c1.Cc1cc(=O)[nH]cc1Br.Cc1cc(=O)n(-c2ccc(O)cc2C)cc1-c1cnn(C)c1.Cn1cc(B2OC(C)(C)C(C)(C)O2)cn1. The Bertz CT molecular complexity index is 4790. The van der Waals surface area contributed by atoms with Gasteiger partial charge < -0.3 is 53.3 Å². The number of anilines is 1. The zero-order chi connectivity index (χ0) is 77.2. The lowest BCUT2D eigenvalue weighted by molar-refractivity contribution is 0.00578. The first-order valence-electron chi connectivity index (χ1n) is 33.2. The van der Waals surface area contributed by atoms with Crippen molar-refractivity contribution in [3.63, 3.8) is 0 Å². The molecule has 6 aromatic heterocycles. The molecule has 1 atom stereocenters. The first kappa shape index (κ1) is 101. The lowest BCUT2D eigenvalue weighted by atomic mass is 9.77. The van der Waals surface area contributed by atoms with Crippen LogP contribution in [0.15, 0.2) is 188 Å². The fourth-order valence-electron chi connectivity index (χ4n) is 10.6. The summed E-state index contributed by atoms with van der Waals surface area (Å²) in [4.78, 5) is 40.0. The second-order valence-electron chi connectivity index (χ2n) is 26.1. The molecule has 600 valence electrons. The minimum Gasteiger partial charge on any atom is -0.508 e. The summed E-state index contributed by atoms with van der Waals surface area (Å²) < 4.78 is 44.1. The van der Waals surface area contributed by atoms with E-state index in [9.17, 15) is 19.5 Å². The number of aromatic amines is 1. The fourth-order valence-corrected chi connectivity index (χ4v) is 11.1. The highest BCUT2D eigenvalue weighted by atomic mass is 127. The second kappa shape index (κ2) is 45.7. The Kier molecular flexibility index (Phi) is 42.2. The Balaban J connectivity index is 0.00000130. The zero-order valence-corrected chi connectivity index (χ0v) is 68.3. The van der Waals surface area contributed by atoms with Crippen molar-refractivity contribution in [1.29, 1.82) is 0 Å². The van der Waals surface area contributed by atoms with Gasteiger partial charge in [0.25, 0.3) is 11.1 Å². The summed E-state index contributed by atoms with van der Waals surface area (Å²) in [5.74, 6) is 2.55. The predicted octanol–water partition coefficient (Wildman–Crippen LogP) is 16.9. The van der Waals surface area contributed by atoms with E-state index >= 15 is 0 Å². The van der Waals surface area contributed by atoms with Gasteiger partial charge in [0, 0.05) is 142 Å². The lowest BCUT2D eigenvalue weighted by Gasteiger charge is -2.32. The molecule has 0 bridgehead atoms. The number of rotatable bonds is 11. The molecule has 110 heavy (non-hydrogen) atoms. The van der Waals surface area contributed by atoms with Gasteiger partial charge in [-0.2, -0.15) is 15.3 Å². The van der Waals surface area contributed by atoms with Gasteiger partial charge >= 0.3 is 14.2 Å². The Morgan fingerprint density at radius 1 is 0.555 bits per heavy atom. The molecule has 0 saturated carbocycles. The predicted molar refractivity (Wildman–Crippen MR) is 473 cm³/mol. The summed E-state index contributed by atoms with van der Waals surface area (Å²) in [6, 6.07) is 26.6. The van der Waals surface area contributed by atoms with E-state index in [0.717, 1.165) is 114 Å². The highest BCUT2D eigenvalue weighted by Crippen LogP contribution is 2.37. The number of pyridine rings is 3. The number of methoxy groups -OCH3 is 4. The minimum absolute atomic E-state index is 0. The van der Waals surface area contributed by atoms with Crippen LogP contribution in [0.4, 0.5) is 5.69 Å². The van der Waals surface area contributed by atoms with E-state index in [2.05, 4.69) is 120 Å². The van der Waals surface area contributed by atoms with E-state index in [-0.39, 0.29) is 91.5 Å². The quantitative estimate of drug-likeness (QED) is 0.0534. The van der Waals surface area contributed by atoms with Crippen LogP contribution in [-0.2, 0) is 35.2 Å². The van der Waals surface area contributed by atoms with Crippen LogP contribution in [0, 0.1) is 48.5 Å². The van der Waals surface area contributed by atoms with Crippen LogP contribution in [0.2, 0.25) is 0 Å². The fraction of sp³-hybridized carbons (Fsp3) is 0.373. The van der Waals surface area contributed by atoms with Gasteiger partial charge in [-0.1, -0.05) is 87.1 Å². The molecule has 2 aliphatic rings. The van der Waals surface area contributed by atoms with Crippen molar-refractivity contribution in [2.24, 2.45) is 21.1 Å². The summed E-state index contributed by atoms with van der Waals surface area (Å²) in [6.45, 7) is 28.0. The number of nitrogens with zero attached hydrogens (tertiary/aromatic N) is 9. The molecule has 27 heteroatoms. The van der Waals surface area contributed by atoms with Crippen molar-refractivity contribution in [3.05, 3.63) is 244 Å². The van der Waals surface area contributed by atoms with Crippen molar-refractivity contribution < 1.29 is 43.4 Å². The van der Waals surface area contributed by atoms with Crippen LogP contribution < -0.4 is 46.7 Å². The third-order valence-electron chi connectivity index (χ3n) is 16.9. The number of H-pyrrole nitrogens is 1. The average Bonchev–Trinajstić information content (AvgIpc) is 1.61. The molecule has 2 aliphatic heterocycles. The maximum atomic E-state index is 12.4. The Hall–Kier alpha value is -8.54. The van der Waals surface area contributed by atoms with Gasteiger partial charge in [0.05, 0.1) is 56.3 Å². The van der Waals surface area contributed by atoms with Crippen LogP contribution in [0.5, 0.6) is 23.0 Å². The van der Waals surface area contributed by atoms with Gasteiger partial charge in [0.1, 0.15) is 23.0 Å². The molecule has 0 aliphatic carbocycles. The van der Waals surface area contributed by atoms with E-state index in [1.807, 2.05) is 151 Å². The van der Waals surface area contributed by atoms with Crippen LogP contribution >= 0.6 is 54.5 Å². The van der Waals surface area contributed by atoms with Gasteiger partial charge in [0.2, 0.25) is 5.56 Å². The number of allylic oxidation sites excluding steroid dienone is 2. The molecular weight excluding hydrogens is 1640 g/mol. The summed E-state index contributed by atoms with van der Waals surface area (Å²) >= 11 is 9.17. The number of aryl methyl sites for hydroxylation is 10. The summed E-state index contributed by atoms with van der Waals surface area (Å²) in [5, 5.41) is 39.8. The first-order valence-corrected chi connectivity index (χ1v) is 36.0. The first-order chi connectivity index (χ1) is 48.9. The molecule has 1 fully saturated rings. The zero-order valence-electron chi connectivity index (χ0n) is 63.0. The number of hydrogen-bond donors (Lipinski definition) is 4. The Labute approximate surface area is 684 Å². The van der Waals surface area contributed by atoms with Crippen LogP contribution in [-0.4, -0.2) is 123 Å². The van der Waals surface area contributed by atoms with Gasteiger partial charge in [-0.3, -0.25) is 37.6 Å². The van der Waals surface area contributed by atoms with Gasteiger partial charge in [-0.15, -0.1) is 0 Å². The molecule has 1 unspecified atom stereocenters. The Morgan fingerprint density at radius 3 is 1.33 bits per heavy atom. The molecular formula is C83H119B2Br2IN10O12. The molecule has 10 aromatic rings. The topological polar surface area (TPSA) is 250 Å². The number of phenolic OH excluding ortho intramolecular Hbond substituents is 1. The van der Waals surface area contributed by atoms with Crippen LogP contribution in [0.25, 0.3) is 33.6 Å². The van der Waals surface area contributed by atoms with Crippen LogP contribution in [0.3, 0.4) is 0 Å². The number of ether oxygens (including phenoxy) is 4. The van der Waals surface area contributed by atoms with E-state index < -0.39 is 7.12 Å². The van der Waals surface area contributed by atoms with E-state index in [1.54, 1.807) is 138 Å². The third-order valence-corrected chi connectivity index (χ3v) is 18.6. The molecule has 0 radical (unpaired) electrons. The smallest absolute Gasteiger partial charge is 0.498 e. The van der Waals surface area contributed by atoms with E-state index in [0.29, 0.717) is 5.46 Å². The molecule has 12 rings (SSSR count). The summed E-state index contributed by atoms with van der Waals surface area (Å²) in [6.07, 6.45) is 20.5. The number of aromatic nitrogens is 9. The number of aromatic hydroxyl groups is 1. The van der Waals surface area contributed by atoms with Gasteiger partial charge in [0.15, 0.2) is 6.23 Å². The molecule has 0 spiro atoms. The minimum atomic E-state index is -1.41. The monoisotopic (exact) mass is 1750 g/mol. The number of phenols is 1. The molecule has 22 nitrogen and oxygen atoms in total. The molecule has 1 saturated heterocycles. The highest BCUT2D eigenvalue weighted by Gasteiger charge is 2.52. The third kappa shape index (κ3) is 27.7. The maximum Gasteiger partial charge on any atom is 0.498 e. The molecule has 8 heterocycles. The standard InChI is InChI=1S/C18H19N3O2.C17H17N3O2.C15H18BrNO2.C10H17BN2O2.C8H11BO3.C6H6BrNO.C3H7I.6CH4/c1-12-8-18(22)21(11-16(12)14-9-19-20(3)10-14)17-6-5-15(23-4)7-13(17)2;1-11-7-17(22)20(16-5-4-14(21)6-12(16)2)10-15(11)13-8-18-19(3)9-13;1-10-8-15(19-4)17(9-13(10)16)14-6-5-12(18-3)7-11(14)2;1-9(2)10(3,4)15-11(14-9)8-6-12-13(5)7-8;1-6-5-7(12-2)3-4-8(6)9(10)11;1-4-2-6(9)8-3-5(4)7;1-3(2)4;;;;;;/h5-11H,1-4H3;4-10,21H,1-3H3;5-9,15H,1-4H3;6-7H,1-5H3;3-5,10-11H,1-2H3;2-3H,1H3,(H,8,9);3H,1-2H3;6*1H4. The number of halogens is 3. The second-order valence-corrected chi connectivity index (χ2v) is 30.3. The van der Waals surface area contributed by atoms with Gasteiger partial charge in [-0.05, 0) is 238 Å². The molecule has 4 aromatic carbocycles. The largest absolute Gasteiger partial charge is 0.508 e. The Morgan fingerprint density at radius 2 is 0.964 bits per heavy atom. The van der Waals surface area contributed by atoms with Crippen LogP contribution in [0.1, 0.15) is 132 Å². The number of hydrogen-bond acceptors (Lipinski definition) is 16. The number of benzene rings is 4. The number of alkyl halides is 1. The normalized spacial score (nSPS) is 13.1.